The zero-order chi connectivity index (χ0) is 10.4. The minimum Gasteiger partial charge on any atom is -0.393 e. The van der Waals surface area contributed by atoms with Gasteiger partial charge < -0.3 is 11.1 Å². The number of thiocarbonyl (C=S) groups is 1. The molecule has 1 unspecified atom stereocenters. The molecule has 80 valence electrons. The van der Waals surface area contributed by atoms with Crippen molar-refractivity contribution in [2.45, 2.75) is 19.3 Å². The normalized spacial score (nSPS) is 20.7. The largest absolute Gasteiger partial charge is 0.393 e. The summed E-state index contributed by atoms with van der Waals surface area (Å²) >= 11 is 6.60. The molecule has 14 heavy (non-hydrogen) atoms. The van der Waals surface area contributed by atoms with Crippen molar-refractivity contribution in [1.82, 2.24) is 5.32 Å². The molecule has 0 aromatic heterocycles. The maximum atomic E-state index is 11.5. The van der Waals surface area contributed by atoms with Crippen molar-refractivity contribution in [1.29, 1.82) is 0 Å². The van der Waals surface area contributed by atoms with Crippen LogP contribution in [0, 0.1) is 5.92 Å². The zero-order valence-electron chi connectivity index (χ0n) is 8.12. The van der Waals surface area contributed by atoms with Crippen LogP contribution in [0.15, 0.2) is 0 Å². The number of hydrogen-bond donors (Lipinski definition) is 2. The predicted molar refractivity (Wildman–Crippen MR) is 64.5 cm³/mol. The van der Waals surface area contributed by atoms with Gasteiger partial charge in [-0.15, -0.1) is 0 Å². The monoisotopic (exact) mass is 232 g/mol. The first-order valence-corrected chi connectivity index (χ1v) is 6.40. The Labute approximate surface area is 94.2 Å². The van der Waals surface area contributed by atoms with Gasteiger partial charge in [0.25, 0.3) is 0 Å². The molecule has 3 nitrogen and oxygen atoms in total. The Morgan fingerprint density at radius 2 is 2.43 bits per heavy atom. The average Bonchev–Trinajstić information content (AvgIpc) is 2.64. The molecule has 1 aliphatic heterocycles. The number of nitrogens with two attached hydrogens (primary N) is 1. The summed E-state index contributed by atoms with van der Waals surface area (Å²) < 4.78 is 0. The summed E-state index contributed by atoms with van der Waals surface area (Å²) in [5, 5.41) is 2.91. The highest BCUT2D eigenvalue weighted by Gasteiger charge is 2.22. The highest BCUT2D eigenvalue weighted by molar-refractivity contribution is 7.99. The maximum Gasteiger partial charge on any atom is 0.223 e. The second-order valence-electron chi connectivity index (χ2n) is 3.42. The van der Waals surface area contributed by atoms with Gasteiger partial charge in [-0.05, 0) is 25.0 Å². The molecular weight excluding hydrogens is 216 g/mol. The van der Waals surface area contributed by atoms with Crippen LogP contribution in [0.3, 0.4) is 0 Å². The van der Waals surface area contributed by atoms with Crippen molar-refractivity contribution in [2.24, 2.45) is 11.7 Å². The van der Waals surface area contributed by atoms with Crippen LogP contribution in [0.1, 0.15) is 19.3 Å². The van der Waals surface area contributed by atoms with Crippen LogP contribution in [-0.4, -0.2) is 28.9 Å². The van der Waals surface area contributed by atoms with Gasteiger partial charge in [0.2, 0.25) is 5.91 Å². The van der Waals surface area contributed by atoms with E-state index >= 15 is 0 Å². The lowest BCUT2D eigenvalue weighted by molar-refractivity contribution is -0.124. The Kier molecular flexibility index (Phi) is 5.25. The maximum absolute atomic E-state index is 11.5. The molecule has 0 radical (unpaired) electrons. The smallest absolute Gasteiger partial charge is 0.223 e. The second kappa shape index (κ2) is 6.24. The fourth-order valence-corrected chi connectivity index (χ4v) is 2.72. The van der Waals surface area contributed by atoms with Crippen LogP contribution in [-0.2, 0) is 4.79 Å². The van der Waals surface area contributed by atoms with E-state index in [0.29, 0.717) is 11.5 Å². The van der Waals surface area contributed by atoms with E-state index in [4.69, 9.17) is 18.0 Å². The van der Waals surface area contributed by atoms with Crippen LogP contribution >= 0.6 is 24.0 Å². The van der Waals surface area contributed by atoms with E-state index in [2.05, 4.69) is 5.32 Å². The molecule has 3 N–H and O–H groups in total. The Hall–Kier alpha value is -0.290. The molecule has 0 saturated carbocycles. The number of nitrogens with one attached hydrogen (secondary N) is 1. The summed E-state index contributed by atoms with van der Waals surface area (Å²) in [5.74, 6) is 2.51. The van der Waals surface area contributed by atoms with Crippen LogP contribution in [0.25, 0.3) is 0 Å². The van der Waals surface area contributed by atoms with Crippen molar-refractivity contribution >= 4 is 34.9 Å². The van der Waals surface area contributed by atoms with Crippen molar-refractivity contribution < 1.29 is 4.79 Å². The van der Waals surface area contributed by atoms with Crippen molar-refractivity contribution in [3.8, 4) is 0 Å². The lowest BCUT2D eigenvalue weighted by atomic mass is 10.1. The summed E-state index contributed by atoms with van der Waals surface area (Å²) in [7, 11) is 0. The van der Waals surface area contributed by atoms with Gasteiger partial charge in [-0.1, -0.05) is 12.2 Å². The Morgan fingerprint density at radius 1 is 1.64 bits per heavy atom. The molecule has 1 aliphatic rings. The molecular formula is C9H16N2OS2. The highest BCUT2D eigenvalue weighted by Crippen LogP contribution is 2.23. The van der Waals surface area contributed by atoms with Gasteiger partial charge in [0.05, 0.1) is 4.99 Å². The van der Waals surface area contributed by atoms with Gasteiger partial charge in [-0.3, -0.25) is 4.79 Å². The minimum atomic E-state index is 0.193. The van der Waals surface area contributed by atoms with E-state index in [-0.39, 0.29) is 11.8 Å². The lowest BCUT2D eigenvalue weighted by Gasteiger charge is -2.09. The quantitative estimate of drug-likeness (QED) is 0.547. The number of hydrogen-bond acceptors (Lipinski definition) is 3. The molecule has 1 amide bonds. The zero-order valence-corrected chi connectivity index (χ0v) is 9.76. The molecule has 0 aromatic carbocycles. The number of carbonyl (C=O) groups excluding carboxylic acids is 1. The molecule has 1 heterocycles. The molecule has 1 rings (SSSR count). The van der Waals surface area contributed by atoms with Crippen molar-refractivity contribution in [3.63, 3.8) is 0 Å². The van der Waals surface area contributed by atoms with E-state index in [1.165, 1.54) is 0 Å². The number of amides is 1. The van der Waals surface area contributed by atoms with Crippen LogP contribution in [0.5, 0.6) is 0 Å². The first-order valence-electron chi connectivity index (χ1n) is 4.84. The summed E-state index contributed by atoms with van der Waals surface area (Å²) in [6, 6.07) is 0. The van der Waals surface area contributed by atoms with Crippen molar-refractivity contribution in [2.75, 3.05) is 18.1 Å². The number of thioether (sulfide) groups is 1. The standard InChI is InChI=1S/C9H16N2OS2/c10-8(13)2-1-4-11-9(12)7-3-5-14-6-7/h7H,1-6H2,(H2,10,13)(H,11,12). The molecule has 5 heteroatoms. The summed E-state index contributed by atoms with van der Waals surface area (Å²) in [6.45, 7) is 0.692. The van der Waals surface area contributed by atoms with Gasteiger partial charge >= 0.3 is 0 Å². The first kappa shape index (κ1) is 11.8. The number of rotatable bonds is 5. The van der Waals surface area contributed by atoms with Gasteiger partial charge in [0.15, 0.2) is 0 Å². The SMILES string of the molecule is NC(=S)CCCNC(=O)C1CCSC1. The average molecular weight is 232 g/mol. The summed E-state index contributed by atoms with van der Waals surface area (Å²) in [5.41, 5.74) is 5.35. The first-order chi connectivity index (χ1) is 6.70. The van der Waals surface area contributed by atoms with Gasteiger partial charge in [-0.25, -0.2) is 0 Å². The number of carbonyl (C=O) groups is 1. The lowest BCUT2D eigenvalue weighted by Crippen LogP contribution is -2.31. The predicted octanol–water partition coefficient (Wildman–Crippen LogP) is 0.922. The van der Waals surface area contributed by atoms with E-state index < -0.39 is 0 Å². The Morgan fingerprint density at radius 3 is 3.00 bits per heavy atom. The van der Waals surface area contributed by atoms with Crippen molar-refractivity contribution in [3.05, 3.63) is 0 Å². The van der Waals surface area contributed by atoms with E-state index in [0.717, 1.165) is 30.8 Å². The topological polar surface area (TPSA) is 55.1 Å². The second-order valence-corrected chi connectivity index (χ2v) is 5.10. The van der Waals surface area contributed by atoms with Gasteiger partial charge in [0, 0.05) is 18.2 Å². The van der Waals surface area contributed by atoms with E-state index in [1.54, 1.807) is 0 Å². The van der Waals surface area contributed by atoms with E-state index in [9.17, 15) is 4.79 Å². The Balaban J connectivity index is 2.05. The fraction of sp³-hybridized carbons (Fsp3) is 0.778. The fourth-order valence-electron chi connectivity index (χ4n) is 1.36. The molecule has 1 saturated heterocycles. The summed E-state index contributed by atoms with van der Waals surface area (Å²) in [4.78, 5) is 12.0. The Bertz CT molecular complexity index is 215. The molecule has 1 fully saturated rings. The minimum absolute atomic E-state index is 0.193. The molecule has 0 bridgehead atoms. The van der Waals surface area contributed by atoms with Gasteiger partial charge in [0.1, 0.15) is 0 Å². The van der Waals surface area contributed by atoms with Crippen LogP contribution in [0.2, 0.25) is 0 Å². The third-order valence-corrected chi connectivity index (χ3v) is 3.57. The molecule has 0 aromatic rings. The molecule has 0 spiro atoms. The van der Waals surface area contributed by atoms with Gasteiger partial charge in [-0.2, -0.15) is 11.8 Å². The third kappa shape index (κ3) is 4.28. The van der Waals surface area contributed by atoms with Crippen LogP contribution in [0.4, 0.5) is 0 Å². The molecule has 1 atom stereocenters. The third-order valence-electron chi connectivity index (χ3n) is 2.20. The highest BCUT2D eigenvalue weighted by atomic mass is 32.2. The molecule has 0 aliphatic carbocycles. The summed E-state index contributed by atoms with van der Waals surface area (Å²) in [6.07, 6.45) is 2.59. The van der Waals surface area contributed by atoms with Crippen LogP contribution < -0.4 is 11.1 Å². The van der Waals surface area contributed by atoms with E-state index in [1.807, 2.05) is 11.8 Å².